The highest BCUT2D eigenvalue weighted by Crippen LogP contribution is 2.18. The van der Waals surface area contributed by atoms with Gasteiger partial charge in [-0.05, 0) is 6.07 Å². The van der Waals surface area contributed by atoms with Crippen LogP contribution in [-0.4, -0.2) is 12.7 Å². The lowest BCUT2D eigenvalue weighted by Crippen LogP contribution is -2.02. The molecule has 0 N–H and O–H groups in total. The van der Waals surface area contributed by atoms with E-state index in [1.54, 1.807) is 0 Å². The third-order valence-corrected chi connectivity index (χ3v) is 1.56. The molecule has 0 radical (unpaired) electrons. The molecule has 0 aliphatic heterocycles. The number of carbonyl (C=O) groups excluding carboxylic acids is 1. The first kappa shape index (κ1) is 11.3. The molecule has 0 aromatic heterocycles. The average Bonchev–Trinajstić information content (AvgIpc) is 2.15. The van der Waals surface area contributed by atoms with Crippen molar-refractivity contribution in [2.45, 2.75) is 13.2 Å². The van der Waals surface area contributed by atoms with E-state index >= 15 is 0 Å². The summed E-state index contributed by atoms with van der Waals surface area (Å²) in [5.74, 6) is -1.03. The first-order valence-corrected chi connectivity index (χ1v) is 3.90. The van der Waals surface area contributed by atoms with Crippen LogP contribution in [0.25, 0.3) is 0 Å². The van der Waals surface area contributed by atoms with E-state index < -0.39 is 12.4 Å². The number of ether oxygens (including phenoxy) is 1. The van der Waals surface area contributed by atoms with Gasteiger partial charge in [-0.2, -0.15) is 8.78 Å². The molecule has 0 bridgehead atoms. The molecule has 1 rings (SSSR count). The zero-order valence-corrected chi connectivity index (χ0v) is 7.41. The number of halogens is 3. The van der Waals surface area contributed by atoms with Gasteiger partial charge in [0.2, 0.25) is 6.08 Å². The smallest absolute Gasteiger partial charge is 0.387 e. The quantitative estimate of drug-likeness (QED) is 0.573. The van der Waals surface area contributed by atoms with Gasteiger partial charge in [-0.15, -0.1) is 0 Å². The lowest BCUT2D eigenvalue weighted by molar-refractivity contribution is -0.0500. The number of isocyanates is 1. The number of hydrogen-bond donors (Lipinski definition) is 0. The summed E-state index contributed by atoms with van der Waals surface area (Å²) in [4.78, 5) is 12.9. The van der Waals surface area contributed by atoms with Gasteiger partial charge in [0.1, 0.15) is 11.6 Å². The van der Waals surface area contributed by atoms with Crippen LogP contribution < -0.4 is 4.74 Å². The first-order chi connectivity index (χ1) is 7.13. The highest BCUT2D eigenvalue weighted by Gasteiger charge is 2.07. The van der Waals surface area contributed by atoms with Crippen LogP contribution in [0, 0.1) is 5.82 Å². The molecule has 0 aliphatic rings. The fourth-order valence-corrected chi connectivity index (χ4v) is 0.950. The molecule has 0 saturated carbocycles. The largest absolute Gasteiger partial charge is 0.435 e. The number of benzene rings is 1. The van der Waals surface area contributed by atoms with Crippen LogP contribution in [0.1, 0.15) is 5.56 Å². The Morgan fingerprint density at radius 2 is 2.20 bits per heavy atom. The monoisotopic (exact) mass is 217 g/mol. The highest BCUT2D eigenvalue weighted by atomic mass is 19.3. The van der Waals surface area contributed by atoms with Crippen LogP contribution in [-0.2, 0) is 11.3 Å². The SMILES string of the molecule is O=C=NCc1ccc(OC(F)F)cc1F. The van der Waals surface area contributed by atoms with Crippen molar-refractivity contribution in [2.75, 3.05) is 0 Å². The lowest BCUT2D eigenvalue weighted by Gasteiger charge is -2.05. The summed E-state index contributed by atoms with van der Waals surface area (Å²) >= 11 is 0. The summed E-state index contributed by atoms with van der Waals surface area (Å²) < 4.78 is 40.6. The van der Waals surface area contributed by atoms with Gasteiger partial charge in [0.05, 0.1) is 6.54 Å². The molecule has 0 saturated heterocycles. The van der Waals surface area contributed by atoms with E-state index in [4.69, 9.17) is 0 Å². The fourth-order valence-electron chi connectivity index (χ4n) is 0.950. The van der Waals surface area contributed by atoms with Crippen molar-refractivity contribution in [1.82, 2.24) is 0 Å². The van der Waals surface area contributed by atoms with Gasteiger partial charge in [0, 0.05) is 11.6 Å². The molecular formula is C9H6F3NO2. The Morgan fingerprint density at radius 3 is 2.73 bits per heavy atom. The topological polar surface area (TPSA) is 38.7 Å². The second-order valence-electron chi connectivity index (χ2n) is 2.54. The van der Waals surface area contributed by atoms with Gasteiger partial charge in [0.15, 0.2) is 0 Å². The molecule has 1 aromatic rings. The van der Waals surface area contributed by atoms with Crippen molar-refractivity contribution >= 4 is 6.08 Å². The second-order valence-corrected chi connectivity index (χ2v) is 2.54. The van der Waals surface area contributed by atoms with E-state index in [1.807, 2.05) is 0 Å². The van der Waals surface area contributed by atoms with Gasteiger partial charge >= 0.3 is 6.61 Å². The minimum atomic E-state index is -3.00. The predicted octanol–water partition coefficient (Wildman–Crippen LogP) is 2.26. The van der Waals surface area contributed by atoms with Gasteiger partial charge in [0.25, 0.3) is 0 Å². The van der Waals surface area contributed by atoms with E-state index in [1.165, 1.54) is 18.2 Å². The molecule has 1 aromatic carbocycles. The van der Waals surface area contributed by atoms with Gasteiger partial charge in [-0.1, -0.05) is 6.07 Å². The van der Waals surface area contributed by atoms with E-state index in [9.17, 15) is 18.0 Å². The maximum atomic E-state index is 13.1. The molecule has 80 valence electrons. The van der Waals surface area contributed by atoms with E-state index in [0.29, 0.717) is 0 Å². The number of rotatable bonds is 4. The van der Waals surface area contributed by atoms with Crippen LogP contribution >= 0.6 is 0 Å². The lowest BCUT2D eigenvalue weighted by atomic mass is 10.2. The molecule has 15 heavy (non-hydrogen) atoms. The summed E-state index contributed by atoms with van der Waals surface area (Å²) in [6.07, 6.45) is 1.25. The molecule has 0 fully saturated rings. The van der Waals surface area contributed by atoms with Gasteiger partial charge < -0.3 is 4.74 Å². The van der Waals surface area contributed by atoms with Gasteiger partial charge in [-0.25, -0.2) is 14.2 Å². The van der Waals surface area contributed by atoms with Crippen LogP contribution in [0.15, 0.2) is 23.2 Å². The zero-order valence-electron chi connectivity index (χ0n) is 7.41. The minimum absolute atomic E-state index is 0.111. The van der Waals surface area contributed by atoms with Crippen molar-refractivity contribution in [1.29, 1.82) is 0 Å². The Balaban J connectivity index is 2.82. The molecule has 0 amide bonds. The van der Waals surface area contributed by atoms with Crippen LogP contribution in [0.5, 0.6) is 5.75 Å². The Morgan fingerprint density at radius 1 is 1.47 bits per heavy atom. The Bertz CT molecular complexity index is 389. The van der Waals surface area contributed by atoms with Crippen molar-refractivity contribution in [3.8, 4) is 5.75 Å². The number of nitrogens with zero attached hydrogens (tertiary/aromatic N) is 1. The van der Waals surface area contributed by atoms with Crippen molar-refractivity contribution in [3.05, 3.63) is 29.6 Å². The summed E-state index contributed by atoms with van der Waals surface area (Å²) in [5, 5.41) is 0. The molecule has 6 heteroatoms. The second kappa shape index (κ2) is 5.17. The number of aliphatic imine (C=N–C) groups is 1. The van der Waals surface area contributed by atoms with Crippen molar-refractivity contribution in [2.24, 2.45) is 4.99 Å². The normalized spacial score (nSPS) is 9.87. The van der Waals surface area contributed by atoms with Crippen molar-refractivity contribution < 1.29 is 22.7 Å². The molecule has 0 aliphatic carbocycles. The third-order valence-electron chi connectivity index (χ3n) is 1.56. The summed E-state index contributed by atoms with van der Waals surface area (Å²) in [5.41, 5.74) is 0.111. The summed E-state index contributed by atoms with van der Waals surface area (Å²) in [7, 11) is 0. The molecule has 3 nitrogen and oxygen atoms in total. The maximum Gasteiger partial charge on any atom is 0.387 e. The zero-order chi connectivity index (χ0) is 11.3. The van der Waals surface area contributed by atoms with Crippen LogP contribution in [0.3, 0.4) is 0 Å². The first-order valence-electron chi connectivity index (χ1n) is 3.90. The average molecular weight is 217 g/mol. The predicted molar refractivity (Wildman–Crippen MR) is 44.9 cm³/mol. The van der Waals surface area contributed by atoms with Crippen molar-refractivity contribution in [3.63, 3.8) is 0 Å². The number of hydrogen-bond acceptors (Lipinski definition) is 3. The Hall–Kier alpha value is -1.81. The van der Waals surface area contributed by atoms with Gasteiger partial charge in [-0.3, -0.25) is 0 Å². The highest BCUT2D eigenvalue weighted by molar-refractivity contribution is 5.35. The molecular weight excluding hydrogens is 211 g/mol. The van der Waals surface area contributed by atoms with E-state index in [0.717, 1.165) is 6.07 Å². The van der Waals surface area contributed by atoms with E-state index in [2.05, 4.69) is 9.73 Å². The standard InChI is InChI=1S/C9H6F3NO2/c10-8-3-7(15-9(11)12)2-1-6(8)4-13-5-14/h1-3,9H,4H2. The van der Waals surface area contributed by atoms with E-state index in [-0.39, 0.29) is 17.9 Å². The summed E-state index contributed by atoms with van der Waals surface area (Å²) in [6, 6.07) is 3.20. The van der Waals surface area contributed by atoms with Crippen LogP contribution in [0.2, 0.25) is 0 Å². The summed E-state index contributed by atoms with van der Waals surface area (Å²) in [6.45, 7) is -3.17. The molecule has 0 spiro atoms. The Kier molecular flexibility index (Phi) is 3.88. The minimum Gasteiger partial charge on any atom is -0.435 e. The number of alkyl halides is 2. The molecule has 0 atom stereocenters. The Labute approximate surface area is 83.2 Å². The third kappa shape index (κ3) is 3.44. The maximum absolute atomic E-state index is 13.1. The molecule has 0 heterocycles. The molecule has 0 unspecified atom stereocenters. The van der Waals surface area contributed by atoms with Crippen LogP contribution in [0.4, 0.5) is 13.2 Å². The fraction of sp³-hybridized carbons (Fsp3) is 0.222.